The smallest absolute Gasteiger partial charge is 0.404 e. The lowest BCUT2D eigenvalue weighted by atomic mass is 9.88. The minimum absolute atomic E-state index is 0.00191. The number of fused-ring (bicyclic) bond motifs is 2. The van der Waals surface area contributed by atoms with Crippen molar-refractivity contribution >= 4 is 35.0 Å². The molecule has 1 fully saturated rings. The molecular weight excluding hydrogens is 442 g/mol. The predicted molar refractivity (Wildman–Crippen MR) is 104 cm³/mol. The summed E-state index contributed by atoms with van der Waals surface area (Å²) in [6.45, 7) is 0. The average molecular weight is 458 g/mol. The van der Waals surface area contributed by atoms with E-state index in [4.69, 9.17) is 17.3 Å². The monoisotopic (exact) mass is 457 g/mol. The summed E-state index contributed by atoms with van der Waals surface area (Å²) in [5, 5.41) is 5.40. The van der Waals surface area contributed by atoms with Crippen molar-refractivity contribution in [3.05, 3.63) is 47.4 Å². The molecule has 7 nitrogen and oxygen atoms in total. The van der Waals surface area contributed by atoms with E-state index in [1.54, 1.807) is 0 Å². The SMILES string of the molecule is NC(=O)[C@@H]1[C@H](Nc2nc(Nc3ccc(OC(F)(F)F)c(Cl)c3)ncc2F)[C@H]2C=C[C@@H]1C2. The van der Waals surface area contributed by atoms with Crippen molar-refractivity contribution in [2.75, 3.05) is 10.6 Å². The van der Waals surface area contributed by atoms with Gasteiger partial charge in [0.15, 0.2) is 11.6 Å². The number of primary amides is 1. The van der Waals surface area contributed by atoms with Gasteiger partial charge in [0, 0.05) is 11.7 Å². The van der Waals surface area contributed by atoms with E-state index in [0.29, 0.717) is 0 Å². The second-order valence-electron chi connectivity index (χ2n) is 7.25. The minimum atomic E-state index is -4.88. The lowest BCUT2D eigenvalue weighted by molar-refractivity contribution is -0.274. The zero-order valence-electron chi connectivity index (χ0n) is 15.7. The summed E-state index contributed by atoms with van der Waals surface area (Å²) in [4.78, 5) is 19.8. The molecule has 4 rings (SSSR count). The fourth-order valence-corrected chi connectivity index (χ4v) is 4.23. The molecule has 31 heavy (non-hydrogen) atoms. The maximum atomic E-state index is 14.3. The quantitative estimate of drug-likeness (QED) is 0.447. The number of carbonyl (C=O) groups excluding carboxylic acids is 1. The van der Waals surface area contributed by atoms with Gasteiger partial charge in [0.25, 0.3) is 0 Å². The van der Waals surface area contributed by atoms with Crippen molar-refractivity contribution in [3.63, 3.8) is 0 Å². The number of amides is 1. The highest BCUT2D eigenvalue weighted by Crippen LogP contribution is 2.45. The number of hydrogen-bond donors (Lipinski definition) is 3. The van der Waals surface area contributed by atoms with Crippen LogP contribution in [0.2, 0.25) is 5.02 Å². The van der Waals surface area contributed by atoms with Crippen LogP contribution in [0.4, 0.5) is 35.0 Å². The molecule has 4 atom stereocenters. The number of nitrogens with one attached hydrogen (secondary N) is 2. The third-order valence-corrected chi connectivity index (χ3v) is 5.54. The van der Waals surface area contributed by atoms with Crippen LogP contribution in [0, 0.1) is 23.6 Å². The molecule has 1 amide bonds. The van der Waals surface area contributed by atoms with Crippen molar-refractivity contribution in [1.82, 2.24) is 9.97 Å². The topological polar surface area (TPSA) is 102 Å². The Morgan fingerprint density at radius 1 is 1.26 bits per heavy atom. The van der Waals surface area contributed by atoms with Crippen LogP contribution in [0.3, 0.4) is 0 Å². The van der Waals surface area contributed by atoms with Gasteiger partial charge in [0.1, 0.15) is 5.75 Å². The third kappa shape index (κ3) is 4.50. The van der Waals surface area contributed by atoms with Crippen LogP contribution in [-0.2, 0) is 4.79 Å². The molecule has 0 unspecified atom stereocenters. The summed E-state index contributed by atoms with van der Waals surface area (Å²) in [6.07, 6.45) is 0.706. The van der Waals surface area contributed by atoms with E-state index in [9.17, 15) is 22.4 Å². The summed E-state index contributed by atoms with van der Waals surface area (Å²) in [5.41, 5.74) is 5.78. The van der Waals surface area contributed by atoms with Gasteiger partial charge in [-0.15, -0.1) is 13.2 Å². The van der Waals surface area contributed by atoms with E-state index in [-0.39, 0.29) is 34.3 Å². The average Bonchev–Trinajstić information content (AvgIpc) is 3.27. The molecule has 164 valence electrons. The molecule has 1 heterocycles. The zero-order valence-corrected chi connectivity index (χ0v) is 16.4. The Bertz CT molecular complexity index is 1050. The number of alkyl halides is 3. The predicted octanol–water partition coefficient (Wildman–Crippen LogP) is 4.00. The summed E-state index contributed by atoms with van der Waals surface area (Å²) in [6, 6.07) is 3.08. The number of anilines is 3. The number of rotatable bonds is 6. The fourth-order valence-electron chi connectivity index (χ4n) is 4.01. The highest BCUT2D eigenvalue weighted by Gasteiger charge is 2.47. The van der Waals surface area contributed by atoms with Crippen molar-refractivity contribution in [3.8, 4) is 5.75 Å². The maximum absolute atomic E-state index is 14.3. The van der Waals surface area contributed by atoms with Gasteiger partial charge in [-0.2, -0.15) is 4.98 Å². The van der Waals surface area contributed by atoms with Gasteiger partial charge in [0.2, 0.25) is 11.9 Å². The van der Waals surface area contributed by atoms with Crippen LogP contribution in [-0.4, -0.2) is 28.3 Å². The van der Waals surface area contributed by atoms with Crippen LogP contribution in [0.25, 0.3) is 0 Å². The lowest BCUT2D eigenvalue weighted by Gasteiger charge is -2.27. The van der Waals surface area contributed by atoms with Crippen LogP contribution in [0.1, 0.15) is 6.42 Å². The van der Waals surface area contributed by atoms with Crippen LogP contribution >= 0.6 is 11.6 Å². The zero-order chi connectivity index (χ0) is 22.3. The Labute approximate surface area is 178 Å². The number of nitrogens with two attached hydrogens (primary N) is 1. The minimum Gasteiger partial charge on any atom is -0.404 e. The molecule has 1 saturated carbocycles. The first kappa shape index (κ1) is 21.2. The van der Waals surface area contributed by atoms with Crippen LogP contribution in [0.15, 0.2) is 36.5 Å². The second kappa shape index (κ2) is 7.88. The third-order valence-electron chi connectivity index (χ3n) is 5.25. The number of halogens is 5. The Balaban J connectivity index is 1.52. The Morgan fingerprint density at radius 3 is 2.68 bits per heavy atom. The number of benzene rings is 1. The number of ether oxygens (including phenoxy) is 1. The van der Waals surface area contributed by atoms with Gasteiger partial charge in [-0.25, -0.2) is 9.37 Å². The van der Waals surface area contributed by atoms with E-state index in [2.05, 4.69) is 25.3 Å². The molecule has 0 radical (unpaired) electrons. The fraction of sp³-hybridized carbons (Fsp3) is 0.316. The van der Waals surface area contributed by atoms with Crippen LogP contribution in [0.5, 0.6) is 5.75 Å². The lowest BCUT2D eigenvalue weighted by Crippen LogP contribution is -2.41. The number of hydrogen-bond acceptors (Lipinski definition) is 6. The van der Waals surface area contributed by atoms with Gasteiger partial charge in [0.05, 0.1) is 17.1 Å². The van der Waals surface area contributed by atoms with Gasteiger partial charge < -0.3 is 21.1 Å². The largest absolute Gasteiger partial charge is 0.573 e. The van der Waals surface area contributed by atoms with E-state index < -0.39 is 35.8 Å². The number of carbonyl (C=O) groups is 1. The van der Waals surface area contributed by atoms with Gasteiger partial charge >= 0.3 is 6.36 Å². The molecule has 0 saturated heterocycles. The summed E-state index contributed by atoms with van der Waals surface area (Å²) in [7, 11) is 0. The summed E-state index contributed by atoms with van der Waals surface area (Å²) in [5.74, 6) is -2.39. The molecule has 0 spiro atoms. The van der Waals surface area contributed by atoms with E-state index in [1.807, 2.05) is 12.2 Å². The van der Waals surface area contributed by atoms with E-state index in [1.165, 1.54) is 12.1 Å². The molecule has 1 aromatic heterocycles. The van der Waals surface area contributed by atoms with Gasteiger partial charge in [-0.1, -0.05) is 23.8 Å². The van der Waals surface area contributed by atoms with Crippen molar-refractivity contribution in [2.24, 2.45) is 23.5 Å². The number of allylic oxidation sites excluding steroid dienone is 1. The standard InChI is InChI=1S/C19H16ClF4N5O2/c20-11-6-10(3-4-13(11)31-19(22,23)24)27-18-26-7-12(21)17(29-18)28-15-9-2-1-8(5-9)14(15)16(25)30/h1-4,6-9,14-15H,5H2,(H2,25,30)(H2,26,27,28,29)/t8-,9+,14+,15-/m1/s1. The maximum Gasteiger partial charge on any atom is 0.573 e. The molecule has 2 aromatic rings. The van der Waals surface area contributed by atoms with Crippen molar-refractivity contribution < 1.29 is 27.1 Å². The molecule has 0 aliphatic heterocycles. The molecule has 4 N–H and O–H groups in total. The highest BCUT2D eigenvalue weighted by molar-refractivity contribution is 6.32. The molecule has 12 heteroatoms. The molecule has 2 aliphatic rings. The first-order valence-corrected chi connectivity index (χ1v) is 9.57. The van der Waals surface area contributed by atoms with Crippen LogP contribution < -0.4 is 21.1 Å². The van der Waals surface area contributed by atoms with Gasteiger partial charge in [-0.3, -0.25) is 4.79 Å². The first-order chi connectivity index (χ1) is 14.6. The van der Waals surface area contributed by atoms with E-state index >= 15 is 0 Å². The normalized spacial score (nSPS) is 24.3. The Kier molecular flexibility index (Phi) is 5.38. The number of nitrogens with zero attached hydrogens (tertiary/aromatic N) is 2. The van der Waals surface area contributed by atoms with Crippen molar-refractivity contribution in [2.45, 2.75) is 18.8 Å². The molecule has 2 bridgehead atoms. The molecular formula is C19H16ClF4N5O2. The highest BCUT2D eigenvalue weighted by atomic mass is 35.5. The Hall–Kier alpha value is -3.08. The molecule has 2 aliphatic carbocycles. The summed E-state index contributed by atoms with van der Waals surface area (Å²) >= 11 is 5.82. The number of aromatic nitrogens is 2. The second-order valence-corrected chi connectivity index (χ2v) is 7.66. The Morgan fingerprint density at radius 2 is 2.00 bits per heavy atom. The van der Waals surface area contributed by atoms with Crippen molar-refractivity contribution in [1.29, 1.82) is 0 Å². The van der Waals surface area contributed by atoms with E-state index in [0.717, 1.165) is 18.7 Å². The van der Waals surface area contributed by atoms with Gasteiger partial charge in [-0.05, 0) is 36.5 Å². The summed E-state index contributed by atoms with van der Waals surface area (Å²) < 4.78 is 55.2. The molecule has 1 aromatic carbocycles. The first-order valence-electron chi connectivity index (χ1n) is 9.20.